The van der Waals surface area contributed by atoms with Gasteiger partial charge in [-0.05, 0) is 30.2 Å². The summed E-state index contributed by atoms with van der Waals surface area (Å²) in [6.45, 7) is 6.24. The maximum atomic E-state index is 13.4. The van der Waals surface area contributed by atoms with Crippen molar-refractivity contribution >= 4 is 39.3 Å². The molecule has 0 aliphatic rings. The third kappa shape index (κ3) is 4.40. The highest BCUT2D eigenvalue weighted by molar-refractivity contribution is 7.98. The van der Waals surface area contributed by atoms with Crippen LogP contribution in [0.3, 0.4) is 0 Å². The second kappa shape index (κ2) is 9.54. The van der Waals surface area contributed by atoms with Gasteiger partial charge in [-0.3, -0.25) is 9.36 Å². The molecule has 0 saturated heterocycles. The zero-order valence-corrected chi connectivity index (χ0v) is 19.5. The van der Waals surface area contributed by atoms with E-state index in [-0.39, 0.29) is 11.5 Å². The predicted octanol–water partition coefficient (Wildman–Crippen LogP) is 5.70. The van der Waals surface area contributed by atoms with Crippen molar-refractivity contribution in [3.05, 3.63) is 93.6 Å². The number of carbonyl (C=O) groups is 1. The maximum absolute atomic E-state index is 13.4. The van der Waals surface area contributed by atoms with E-state index in [2.05, 4.69) is 6.58 Å². The van der Waals surface area contributed by atoms with Crippen molar-refractivity contribution < 1.29 is 9.53 Å². The molecule has 2 aromatic carbocycles. The van der Waals surface area contributed by atoms with Crippen LogP contribution in [0.15, 0.2) is 76.5 Å². The van der Waals surface area contributed by atoms with Crippen LogP contribution in [-0.2, 0) is 17.0 Å². The number of nitrogens with zero attached hydrogens (tertiary/aromatic N) is 2. The van der Waals surface area contributed by atoms with Crippen molar-refractivity contribution in [2.45, 2.75) is 24.4 Å². The summed E-state index contributed by atoms with van der Waals surface area (Å²) in [4.78, 5) is 30.6. The fraction of sp³-hybridized carbons (Fsp3) is 0.160. The predicted molar refractivity (Wildman–Crippen MR) is 132 cm³/mol. The second-order valence-corrected chi connectivity index (χ2v) is 9.07. The SMILES string of the molecule is C=CCn1c(SCc2ccc(C(=O)OC)cc2)nc2scc(-c3ccc(C)cc3)c2c1=O. The largest absolute Gasteiger partial charge is 0.465 e. The fourth-order valence-corrected chi connectivity index (χ4v) is 5.31. The molecule has 5 nitrogen and oxygen atoms in total. The van der Waals surface area contributed by atoms with Crippen molar-refractivity contribution in [2.75, 3.05) is 7.11 Å². The van der Waals surface area contributed by atoms with E-state index in [0.29, 0.717) is 28.4 Å². The molecule has 0 aliphatic carbocycles. The smallest absolute Gasteiger partial charge is 0.337 e. The van der Waals surface area contributed by atoms with Crippen molar-refractivity contribution in [2.24, 2.45) is 0 Å². The minimum absolute atomic E-state index is 0.0599. The Morgan fingerprint density at radius 3 is 2.56 bits per heavy atom. The first kappa shape index (κ1) is 22.0. The molecule has 0 saturated carbocycles. The Hall–Kier alpha value is -3.16. The van der Waals surface area contributed by atoms with Crippen LogP contribution in [0.2, 0.25) is 0 Å². The van der Waals surface area contributed by atoms with E-state index in [9.17, 15) is 9.59 Å². The number of rotatable bonds is 7. The van der Waals surface area contributed by atoms with Crippen molar-refractivity contribution in [3.8, 4) is 11.1 Å². The van der Waals surface area contributed by atoms with E-state index in [1.807, 2.05) is 48.7 Å². The highest BCUT2D eigenvalue weighted by Gasteiger charge is 2.17. The Balaban J connectivity index is 1.68. The summed E-state index contributed by atoms with van der Waals surface area (Å²) in [5, 5.41) is 3.30. The van der Waals surface area contributed by atoms with Gasteiger partial charge in [0.05, 0.1) is 18.1 Å². The molecule has 0 aliphatic heterocycles. The van der Waals surface area contributed by atoms with Crippen LogP contribution in [0.25, 0.3) is 21.3 Å². The maximum Gasteiger partial charge on any atom is 0.337 e. The molecule has 0 fully saturated rings. The van der Waals surface area contributed by atoms with E-state index >= 15 is 0 Å². The van der Waals surface area contributed by atoms with Gasteiger partial charge in [-0.1, -0.05) is 59.8 Å². The summed E-state index contributed by atoms with van der Waals surface area (Å²) >= 11 is 2.97. The molecule has 7 heteroatoms. The van der Waals surface area contributed by atoms with Gasteiger partial charge in [-0.25, -0.2) is 9.78 Å². The third-order valence-corrected chi connectivity index (χ3v) is 7.00. The normalized spacial score (nSPS) is 10.9. The number of hydrogen-bond donors (Lipinski definition) is 0. The second-order valence-electron chi connectivity index (χ2n) is 7.27. The Bertz CT molecular complexity index is 1340. The van der Waals surface area contributed by atoms with Crippen molar-refractivity contribution in [3.63, 3.8) is 0 Å². The summed E-state index contributed by atoms with van der Waals surface area (Å²) in [5.41, 5.74) is 4.57. The third-order valence-electron chi connectivity index (χ3n) is 5.08. The van der Waals surface area contributed by atoms with Crippen LogP contribution in [0.4, 0.5) is 0 Å². The number of thioether (sulfide) groups is 1. The van der Waals surface area contributed by atoms with Gasteiger partial charge >= 0.3 is 5.97 Å². The first-order valence-corrected chi connectivity index (χ1v) is 11.9. The monoisotopic (exact) mass is 462 g/mol. The van der Waals surface area contributed by atoms with Crippen LogP contribution in [0.1, 0.15) is 21.5 Å². The van der Waals surface area contributed by atoms with Crippen LogP contribution in [0.5, 0.6) is 0 Å². The molecule has 0 atom stereocenters. The number of methoxy groups -OCH3 is 1. The Morgan fingerprint density at radius 2 is 1.91 bits per heavy atom. The first-order chi connectivity index (χ1) is 15.5. The van der Waals surface area contributed by atoms with Gasteiger partial charge in [0.15, 0.2) is 5.16 Å². The zero-order chi connectivity index (χ0) is 22.7. The lowest BCUT2D eigenvalue weighted by molar-refractivity contribution is 0.0600. The van der Waals surface area contributed by atoms with E-state index < -0.39 is 0 Å². The van der Waals surface area contributed by atoms with E-state index in [4.69, 9.17) is 9.72 Å². The number of esters is 1. The van der Waals surface area contributed by atoms with Crippen molar-refractivity contribution in [1.82, 2.24) is 9.55 Å². The summed E-state index contributed by atoms with van der Waals surface area (Å²) in [6.07, 6.45) is 1.71. The van der Waals surface area contributed by atoms with Crippen LogP contribution in [-0.4, -0.2) is 22.6 Å². The van der Waals surface area contributed by atoms with E-state index in [1.54, 1.807) is 22.8 Å². The Labute approximate surface area is 194 Å². The molecule has 32 heavy (non-hydrogen) atoms. The highest BCUT2D eigenvalue weighted by Crippen LogP contribution is 2.33. The number of hydrogen-bond acceptors (Lipinski definition) is 6. The Kier molecular flexibility index (Phi) is 6.58. The lowest BCUT2D eigenvalue weighted by atomic mass is 10.1. The summed E-state index contributed by atoms with van der Waals surface area (Å²) < 4.78 is 6.42. The summed E-state index contributed by atoms with van der Waals surface area (Å²) in [6, 6.07) is 15.4. The summed E-state index contributed by atoms with van der Waals surface area (Å²) in [7, 11) is 1.36. The topological polar surface area (TPSA) is 61.2 Å². The molecule has 2 aromatic heterocycles. The molecule has 0 N–H and O–H groups in total. The van der Waals surface area contributed by atoms with Gasteiger partial charge in [-0.15, -0.1) is 17.9 Å². The molecule has 0 unspecified atom stereocenters. The van der Waals surface area contributed by atoms with Crippen LogP contribution >= 0.6 is 23.1 Å². The number of aromatic nitrogens is 2. The van der Waals surface area contributed by atoms with E-state index in [1.165, 1.54) is 35.8 Å². The van der Waals surface area contributed by atoms with E-state index in [0.717, 1.165) is 21.5 Å². The molecule has 4 rings (SSSR count). The van der Waals surface area contributed by atoms with Gasteiger partial charge < -0.3 is 4.74 Å². The van der Waals surface area contributed by atoms with Gasteiger partial charge in [0.1, 0.15) is 4.83 Å². The molecule has 0 amide bonds. The molecule has 0 bridgehead atoms. The minimum Gasteiger partial charge on any atom is -0.465 e. The molecule has 2 heterocycles. The zero-order valence-electron chi connectivity index (χ0n) is 17.8. The molecule has 0 radical (unpaired) electrons. The molecule has 0 spiro atoms. The lowest BCUT2D eigenvalue weighted by Crippen LogP contribution is -2.22. The Morgan fingerprint density at radius 1 is 1.19 bits per heavy atom. The number of fused-ring (bicyclic) bond motifs is 1. The molecular weight excluding hydrogens is 440 g/mol. The fourth-order valence-electron chi connectivity index (χ4n) is 3.35. The number of allylic oxidation sites excluding steroid dienone is 1. The quantitative estimate of drug-likeness (QED) is 0.153. The van der Waals surface area contributed by atoms with Gasteiger partial charge in [0, 0.05) is 23.2 Å². The van der Waals surface area contributed by atoms with Gasteiger partial charge in [0.25, 0.3) is 5.56 Å². The number of thiophene rings is 1. The lowest BCUT2D eigenvalue weighted by Gasteiger charge is -2.11. The number of benzene rings is 2. The van der Waals surface area contributed by atoms with Crippen LogP contribution in [0, 0.1) is 6.92 Å². The average molecular weight is 463 g/mol. The average Bonchev–Trinajstić information content (AvgIpc) is 3.24. The number of carbonyl (C=O) groups excluding carboxylic acids is 1. The molecular formula is C25H22N2O3S2. The first-order valence-electron chi connectivity index (χ1n) is 10.0. The molecule has 4 aromatic rings. The van der Waals surface area contributed by atoms with Gasteiger partial charge in [0.2, 0.25) is 0 Å². The van der Waals surface area contributed by atoms with Crippen LogP contribution < -0.4 is 5.56 Å². The standard InChI is InChI=1S/C25H22N2O3S2/c1-4-13-27-23(28)21-20(18-9-5-16(2)6-10-18)15-31-22(21)26-25(27)32-14-17-7-11-19(12-8-17)24(29)30-3/h4-12,15H,1,13-14H2,2-3H3. The summed E-state index contributed by atoms with van der Waals surface area (Å²) in [5.74, 6) is 0.255. The molecule has 162 valence electrons. The van der Waals surface area contributed by atoms with Crippen molar-refractivity contribution in [1.29, 1.82) is 0 Å². The number of aryl methyl sites for hydroxylation is 1. The minimum atomic E-state index is -0.363. The highest BCUT2D eigenvalue weighted by atomic mass is 32.2. The van der Waals surface area contributed by atoms with Gasteiger partial charge in [-0.2, -0.15) is 0 Å². The number of ether oxygens (including phenoxy) is 1.